The molecule has 0 aliphatic rings. The summed E-state index contributed by atoms with van der Waals surface area (Å²) in [5.74, 6) is 1.12. The number of nitrogens with one attached hydrogen (secondary N) is 2. The van der Waals surface area contributed by atoms with Gasteiger partial charge in [0, 0.05) is 17.1 Å². The molecule has 2 aromatic carbocycles. The lowest BCUT2D eigenvalue weighted by Crippen LogP contribution is -2.34. The van der Waals surface area contributed by atoms with Crippen LogP contribution in [0, 0.1) is 0 Å². The molecule has 0 radical (unpaired) electrons. The SMILES string of the molecule is CCOc1ccc(NC(=S)NC(=O)CCCOc2ccc(Cl)cc2Cl)cc1. The van der Waals surface area contributed by atoms with Gasteiger partial charge in [-0.15, -0.1) is 0 Å². The van der Waals surface area contributed by atoms with Crippen molar-refractivity contribution in [2.75, 3.05) is 18.5 Å². The third-order valence-electron chi connectivity index (χ3n) is 3.38. The first kappa shape index (κ1) is 21.3. The zero-order chi connectivity index (χ0) is 19.6. The summed E-state index contributed by atoms with van der Waals surface area (Å²) in [5, 5.41) is 6.81. The molecule has 27 heavy (non-hydrogen) atoms. The summed E-state index contributed by atoms with van der Waals surface area (Å²) in [5.41, 5.74) is 0.768. The van der Waals surface area contributed by atoms with Gasteiger partial charge in [0.1, 0.15) is 11.5 Å². The van der Waals surface area contributed by atoms with Gasteiger partial charge in [-0.3, -0.25) is 4.79 Å². The van der Waals surface area contributed by atoms with E-state index in [4.69, 9.17) is 44.9 Å². The maximum atomic E-state index is 11.9. The van der Waals surface area contributed by atoms with Gasteiger partial charge in [-0.25, -0.2) is 0 Å². The molecule has 0 spiro atoms. The number of ether oxygens (including phenoxy) is 2. The highest BCUT2D eigenvalue weighted by molar-refractivity contribution is 7.80. The Morgan fingerprint density at radius 1 is 1.11 bits per heavy atom. The minimum atomic E-state index is -0.191. The Hall–Kier alpha value is -2.02. The molecule has 2 aromatic rings. The molecule has 0 bridgehead atoms. The van der Waals surface area contributed by atoms with Crippen LogP contribution in [0.1, 0.15) is 19.8 Å². The first-order chi connectivity index (χ1) is 13.0. The van der Waals surface area contributed by atoms with Crippen LogP contribution in [0.15, 0.2) is 42.5 Å². The average Bonchev–Trinajstić information content (AvgIpc) is 2.62. The highest BCUT2D eigenvalue weighted by atomic mass is 35.5. The van der Waals surface area contributed by atoms with Crippen LogP contribution in [0.3, 0.4) is 0 Å². The number of hydrogen-bond donors (Lipinski definition) is 2. The fraction of sp³-hybridized carbons (Fsp3) is 0.263. The Bertz CT molecular complexity index is 785. The van der Waals surface area contributed by atoms with Crippen LogP contribution >= 0.6 is 35.4 Å². The van der Waals surface area contributed by atoms with Crippen molar-refractivity contribution in [3.05, 3.63) is 52.5 Å². The van der Waals surface area contributed by atoms with Gasteiger partial charge < -0.3 is 20.1 Å². The van der Waals surface area contributed by atoms with Crippen molar-refractivity contribution in [2.24, 2.45) is 0 Å². The normalized spacial score (nSPS) is 10.2. The van der Waals surface area contributed by atoms with E-state index in [1.165, 1.54) is 0 Å². The molecule has 2 N–H and O–H groups in total. The van der Waals surface area contributed by atoms with Crippen LogP contribution in [0.4, 0.5) is 5.69 Å². The van der Waals surface area contributed by atoms with Gasteiger partial charge in [0.2, 0.25) is 5.91 Å². The van der Waals surface area contributed by atoms with E-state index in [2.05, 4.69) is 10.6 Å². The number of halogens is 2. The number of benzene rings is 2. The van der Waals surface area contributed by atoms with Gasteiger partial charge >= 0.3 is 0 Å². The molecular weight excluding hydrogens is 407 g/mol. The fourth-order valence-corrected chi connectivity index (χ4v) is 2.85. The smallest absolute Gasteiger partial charge is 0.226 e. The highest BCUT2D eigenvalue weighted by Gasteiger charge is 2.07. The molecule has 0 aliphatic carbocycles. The quantitative estimate of drug-likeness (QED) is 0.455. The lowest BCUT2D eigenvalue weighted by Gasteiger charge is -2.11. The molecule has 0 unspecified atom stereocenters. The Morgan fingerprint density at radius 3 is 2.52 bits per heavy atom. The fourth-order valence-electron chi connectivity index (χ4n) is 2.16. The molecule has 0 heterocycles. The lowest BCUT2D eigenvalue weighted by atomic mass is 10.3. The molecule has 0 aliphatic heterocycles. The van der Waals surface area contributed by atoms with Crippen LogP contribution in [0.25, 0.3) is 0 Å². The Balaban J connectivity index is 1.68. The Kier molecular flexibility index (Phi) is 8.64. The van der Waals surface area contributed by atoms with Gasteiger partial charge in [-0.05, 0) is 68.0 Å². The molecule has 0 aromatic heterocycles. The van der Waals surface area contributed by atoms with E-state index in [1.807, 2.05) is 31.2 Å². The van der Waals surface area contributed by atoms with E-state index in [-0.39, 0.29) is 17.4 Å². The average molecular weight is 427 g/mol. The summed E-state index contributed by atoms with van der Waals surface area (Å²) in [7, 11) is 0. The molecule has 2 rings (SSSR count). The van der Waals surface area contributed by atoms with Gasteiger partial charge in [0.25, 0.3) is 0 Å². The van der Waals surface area contributed by atoms with E-state index >= 15 is 0 Å². The van der Waals surface area contributed by atoms with E-state index in [0.717, 1.165) is 11.4 Å². The molecule has 0 saturated heterocycles. The monoisotopic (exact) mass is 426 g/mol. The first-order valence-electron chi connectivity index (χ1n) is 8.39. The van der Waals surface area contributed by atoms with Gasteiger partial charge in [0.15, 0.2) is 5.11 Å². The van der Waals surface area contributed by atoms with Crippen LogP contribution in [0.5, 0.6) is 11.5 Å². The number of hydrogen-bond acceptors (Lipinski definition) is 4. The van der Waals surface area contributed by atoms with Gasteiger partial charge in [-0.1, -0.05) is 23.2 Å². The van der Waals surface area contributed by atoms with Crippen LogP contribution < -0.4 is 20.1 Å². The summed E-state index contributed by atoms with van der Waals surface area (Å²) in [4.78, 5) is 11.9. The predicted octanol–water partition coefficient (Wildman–Crippen LogP) is 5.06. The van der Waals surface area contributed by atoms with E-state index in [0.29, 0.717) is 35.4 Å². The van der Waals surface area contributed by atoms with Crippen molar-refractivity contribution in [3.8, 4) is 11.5 Å². The highest BCUT2D eigenvalue weighted by Crippen LogP contribution is 2.27. The third-order valence-corrected chi connectivity index (χ3v) is 4.11. The second-order valence-corrected chi connectivity index (χ2v) is 6.74. The van der Waals surface area contributed by atoms with Gasteiger partial charge in [0.05, 0.1) is 18.2 Å². The van der Waals surface area contributed by atoms with Crippen molar-refractivity contribution in [2.45, 2.75) is 19.8 Å². The summed E-state index contributed by atoms with van der Waals surface area (Å²) in [6.07, 6.45) is 0.798. The molecule has 1 amide bonds. The van der Waals surface area contributed by atoms with E-state index in [9.17, 15) is 4.79 Å². The van der Waals surface area contributed by atoms with Crippen LogP contribution in [-0.2, 0) is 4.79 Å². The second kappa shape index (κ2) is 11.0. The maximum Gasteiger partial charge on any atom is 0.226 e. The van der Waals surface area contributed by atoms with Crippen molar-refractivity contribution < 1.29 is 14.3 Å². The standard InChI is InChI=1S/C19H20Cl2N2O3S/c1-2-25-15-8-6-14(7-9-15)22-19(27)23-18(24)4-3-11-26-17-10-5-13(20)12-16(17)21/h5-10,12H,2-4,11H2,1H3,(H2,22,23,24,27). The van der Waals surface area contributed by atoms with Gasteiger partial charge in [-0.2, -0.15) is 0 Å². The number of anilines is 1. The van der Waals surface area contributed by atoms with Crippen LogP contribution in [-0.4, -0.2) is 24.2 Å². The maximum absolute atomic E-state index is 11.9. The minimum Gasteiger partial charge on any atom is -0.494 e. The zero-order valence-corrected chi connectivity index (χ0v) is 17.1. The number of thiocarbonyl (C=S) groups is 1. The Labute approximate surface area is 173 Å². The molecule has 8 heteroatoms. The second-order valence-electron chi connectivity index (χ2n) is 5.49. The molecular formula is C19H20Cl2N2O3S. The van der Waals surface area contributed by atoms with Crippen LogP contribution in [0.2, 0.25) is 10.0 Å². The zero-order valence-electron chi connectivity index (χ0n) is 14.8. The third kappa shape index (κ3) is 7.62. The number of carbonyl (C=O) groups excluding carboxylic acids is 1. The molecule has 144 valence electrons. The topological polar surface area (TPSA) is 59.6 Å². The molecule has 0 saturated carbocycles. The van der Waals surface area contributed by atoms with Crippen molar-refractivity contribution in [1.82, 2.24) is 5.32 Å². The minimum absolute atomic E-state index is 0.191. The lowest BCUT2D eigenvalue weighted by molar-refractivity contribution is -0.119. The number of amides is 1. The Morgan fingerprint density at radius 2 is 1.85 bits per heavy atom. The number of carbonyl (C=O) groups is 1. The first-order valence-corrected chi connectivity index (χ1v) is 9.56. The summed E-state index contributed by atoms with van der Waals surface area (Å²) in [6, 6.07) is 12.3. The molecule has 0 fully saturated rings. The molecule has 5 nitrogen and oxygen atoms in total. The van der Waals surface area contributed by atoms with Crippen molar-refractivity contribution in [1.29, 1.82) is 0 Å². The largest absolute Gasteiger partial charge is 0.494 e. The summed E-state index contributed by atoms with van der Waals surface area (Å²) in [6.45, 7) is 2.88. The predicted molar refractivity (Wildman–Crippen MR) is 113 cm³/mol. The van der Waals surface area contributed by atoms with E-state index < -0.39 is 0 Å². The molecule has 0 atom stereocenters. The number of rotatable bonds is 8. The summed E-state index contributed by atoms with van der Waals surface area (Å²) >= 11 is 17.0. The van der Waals surface area contributed by atoms with Crippen molar-refractivity contribution in [3.63, 3.8) is 0 Å². The van der Waals surface area contributed by atoms with E-state index in [1.54, 1.807) is 18.2 Å². The van der Waals surface area contributed by atoms with Crippen molar-refractivity contribution >= 4 is 52.1 Å². The summed E-state index contributed by atoms with van der Waals surface area (Å²) < 4.78 is 10.9.